The topological polar surface area (TPSA) is 77.7 Å². The van der Waals surface area contributed by atoms with Gasteiger partial charge in [-0.25, -0.2) is 9.78 Å². The fourth-order valence-electron chi connectivity index (χ4n) is 3.75. The van der Waals surface area contributed by atoms with Crippen molar-refractivity contribution in [2.24, 2.45) is 5.73 Å². The lowest BCUT2D eigenvalue weighted by Gasteiger charge is -2.29. The fraction of sp³-hybridized carbons (Fsp3) is 0.250. The smallest absolute Gasteiger partial charge is 0.338 e. The van der Waals surface area contributed by atoms with E-state index in [4.69, 9.17) is 20.2 Å². The van der Waals surface area contributed by atoms with Gasteiger partial charge in [0.1, 0.15) is 10.8 Å². The molecule has 0 bridgehead atoms. The average molecular weight is 436 g/mol. The van der Waals surface area contributed by atoms with E-state index in [-0.39, 0.29) is 12.5 Å². The molecule has 6 nitrogen and oxygen atoms in total. The number of carbonyl (C=O) groups is 1. The molecule has 0 amide bonds. The highest BCUT2D eigenvalue weighted by molar-refractivity contribution is 7.19. The van der Waals surface area contributed by atoms with Crippen molar-refractivity contribution < 1.29 is 14.3 Å². The number of rotatable bonds is 5. The summed E-state index contributed by atoms with van der Waals surface area (Å²) in [5.41, 5.74) is 10.4. The molecule has 0 fully saturated rings. The summed E-state index contributed by atoms with van der Waals surface area (Å²) >= 11 is 1.53. The van der Waals surface area contributed by atoms with Gasteiger partial charge < -0.3 is 20.1 Å². The van der Waals surface area contributed by atoms with Gasteiger partial charge in [-0.2, -0.15) is 0 Å². The lowest BCUT2D eigenvalue weighted by Crippen LogP contribution is -2.25. The number of esters is 1. The molecule has 2 heterocycles. The SMILES string of the molecule is CCOC(=O)C1=C(C)OC(N)=C(c2nc3ccccc3s2)C1c1ccc(N(C)C)cc1. The molecule has 0 radical (unpaired) electrons. The number of benzene rings is 2. The summed E-state index contributed by atoms with van der Waals surface area (Å²) in [5.74, 6) is -0.147. The molecule has 0 aliphatic carbocycles. The Morgan fingerprint density at radius 2 is 1.90 bits per heavy atom. The highest BCUT2D eigenvalue weighted by Gasteiger charge is 2.38. The van der Waals surface area contributed by atoms with Crippen molar-refractivity contribution in [3.05, 3.63) is 76.3 Å². The number of hydrogen-bond acceptors (Lipinski definition) is 7. The minimum atomic E-state index is -0.440. The normalized spacial score (nSPS) is 16.5. The molecule has 1 aliphatic rings. The summed E-state index contributed by atoms with van der Waals surface area (Å²) in [5, 5.41) is 0.731. The van der Waals surface area contributed by atoms with Gasteiger partial charge in [-0.05, 0) is 43.7 Å². The van der Waals surface area contributed by atoms with Gasteiger partial charge >= 0.3 is 5.97 Å². The summed E-state index contributed by atoms with van der Waals surface area (Å²) in [6, 6.07) is 16.0. The van der Waals surface area contributed by atoms with E-state index in [0.717, 1.165) is 26.5 Å². The highest BCUT2D eigenvalue weighted by Crippen LogP contribution is 2.46. The number of hydrogen-bond donors (Lipinski definition) is 1. The predicted octanol–water partition coefficient (Wildman–Crippen LogP) is 4.64. The Morgan fingerprint density at radius 1 is 1.19 bits per heavy atom. The van der Waals surface area contributed by atoms with Crippen LogP contribution in [0.3, 0.4) is 0 Å². The average Bonchev–Trinajstić information content (AvgIpc) is 3.17. The third-order valence-electron chi connectivity index (χ3n) is 5.25. The van der Waals surface area contributed by atoms with Crippen molar-refractivity contribution in [1.82, 2.24) is 4.98 Å². The maximum absolute atomic E-state index is 13.0. The molecular formula is C24H25N3O3S. The first kappa shape index (κ1) is 20.9. The molecular weight excluding hydrogens is 410 g/mol. The Morgan fingerprint density at radius 3 is 2.55 bits per heavy atom. The van der Waals surface area contributed by atoms with Gasteiger partial charge in [-0.15, -0.1) is 11.3 Å². The second-order valence-corrected chi connectivity index (χ2v) is 8.51. The number of nitrogens with zero attached hydrogens (tertiary/aromatic N) is 2. The van der Waals surface area contributed by atoms with Crippen LogP contribution in [0.15, 0.2) is 65.7 Å². The summed E-state index contributed by atoms with van der Waals surface area (Å²) in [7, 11) is 3.98. The maximum atomic E-state index is 13.0. The van der Waals surface area contributed by atoms with Crippen molar-refractivity contribution in [2.45, 2.75) is 19.8 Å². The first-order valence-corrected chi connectivity index (χ1v) is 10.9. The maximum Gasteiger partial charge on any atom is 0.338 e. The summed E-state index contributed by atoms with van der Waals surface area (Å²) in [6.45, 7) is 3.81. The number of nitrogens with two attached hydrogens (primary N) is 1. The highest BCUT2D eigenvalue weighted by atomic mass is 32.1. The van der Waals surface area contributed by atoms with Gasteiger partial charge in [0, 0.05) is 19.8 Å². The fourth-order valence-corrected chi connectivity index (χ4v) is 4.80. The lowest BCUT2D eigenvalue weighted by molar-refractivity contribution is -0.139. The molecule has 31 heavy (non-hydrogen) atoms. The molecule has 3 aromatic rings. The molecule has 2 aromatic carbocycles. The van der Waals surface area contributed by atoms with Gasteiger partial charge in [0.25, 0.3) is 0 Å². The number of aromatic nitrogens is 1. The van der Waals surface area contributed by atoms with E-state index < -0.39 is 11.9 Å². The zero-order valence-electron chi connectivity index (χ0n) is 18.0. The van der Waals surface area contributed by atoms with Gasteiger partial charge in [0.05, 0.1) is 33.9 Å². The van der Waals surface area contributed by atoms with Crippen LogP contribution in [0.5, 0.6) is 0 Å². The van der Waals surface area contributed by atoms with Gasteiger partial charge in [0.2, 0.25) is 0 Å². The zero-order chi connectivity index (χ0) is 22.1. The summed E-state index contributed by atoms with van der Waals surface area (Å²) in [6.07, 6.45) is 0. The molecule has 1 aliphatic heterocycles. The molecule has 1 aromatic heterocycles. The lowest BCUT2D eigenvalue weighted by atomic mass is 9.82. The van der Waals surface area contributed by atoms with Crippen LogP contribution in [-0.2, 0) is 14.3 Å². The molecule has 160 valence electrons. The predicted molar refractivity (Wildman–Crippen MR) is 125 cm³/mol. The number of allylic oxidation sites excluding steroid dienone is 2. The van der Waals surface area contributed by atoms with Gasteiger partial charge in [-0.3, -0.25) is 0 Å². The van der Waals surface area contributed by atoms with Crippen LogP contribution in [0.2, 0.25) is 0 Å². The number of carbonyl (C=O) groups excluding carboxylic acids is 1. The Balaban J connectivity index is 1.90. The Hall–Kier alpha value is -3.32. The second-order valence-electron chi connectivity index (χ2n) is 7.48. The van der Waals surface area contributed by atoms with Crippen LogP contribution in [-0.4, -0.2) is 31.7 Å². The van der Waals surface area contributed by atoms with Crippen LogP contribution in [0.4, 0.5) is 5.69 Å². The van der Waals surface area contributed by atoms with Crippen molar-refractivity contribution in [3.8, 4) is 0 Å². The third-order valence-corrected chi connectivity index (χ3v) is 6.32. The van der Waals surface area contributed by atoms with E-state index >= 15 is 0 Å². The third kappa shape index (κ3) is 3.88. The van der Waals surface area contributed by atoms with Crippen LogP contribution >= 0.6 is 11.3 Å². The number of para-hydroxylation sites is 1. The largest absolute Gasteiger partial charge is 0.463 e. The van der Waals surface area contributed by atoms with Crippen molar-refractivity contribution in [3.63, 3.8) is 0 Å². The first-order valence-electron chi connectivity index (χ1n) is 10.1. The minimum absolute atomic E-state index is 0.256. The van der Waals surface area contributed by atoms with E-state index in [1.54, 1.807) is 13.8 Å². The number of fused-ring (bicyclic) bond motifs is 1. The summed E-state index contributed by atoms with van der Waals surface area (Å²) in [4.78, 5) is 19.8. The molecule has 4 rings (SSSR count). The van der Waals surface area contributed by atoms with E-state index in [0.29, 0.717) is 16.9 Å². The van der Waals surface area contributed by atoms with Crippen LogP contribution in [0.25, 0.3) is 15.8 Å². The molecule has 0 spiro atoms. The van der Waals surface area contributed by atoms with Crippen LogP contribution in [0.1, 0.15) is 30.3 Å². The Bertz CT molecular complexity index is 1160. The number of anilines is 1. The van der Waals surface area contributed by atoms with E-state index in [2.05, 4.69) is 0 Å². The van der Waals surface area contributed by atoms with E-state index in [9.17, 15) is 4.79 Å². The second kappa shape index (κ2) is 8.43. The number of ether oxygens (including phenoxy) is 2. The molecule has 1 atom stereocenters. The molecule has 2 N–H and O–H groups in total. The van der Waals surface area contributed by atoms with Crippen LogP contribution < -0.4 is 10.6 Å². The first-order chi connectivity index (χ1) is 14.9. The number of thiazole rings is 1. The van der Waals surface area contributed by atoms with E-state index in [1.807, 2.05) is 67.5 Å². The summed E-state index contributed by atoms with van der Waals surface area (Å²) < 4.78 is 12.3. The standard InChI is InChI=1S/C24H25N3O3S/c1-5-29-24(28)19-14(2)30-22(25)21(23-26-17-8-6-7-9-18(17)31-23)20(19)15-10-12-16(13-11-15)27(3)4/h6-13,20H,5,25H2,1-4H3. The quantitative estimate of drug-likeness (QED) is 0.588. The molecule has 0 saturated heterocycles. The molecule has 0 saturated carbocycles. The minimum Gasteiger partial charge on any atom is -0.463 e. The zero-order valence-corrected chi connectivity index (χ0v) is 18.8. The van der Waals surface area contributed by atoms with Gasteiger partial charge in [0.15, 0.2) is 5.88 Å². The molecule has 1 unspecified atom stereocenters. The van der Waals surface area contributed by atoms with Crippen molar-refractivity contribution in [1.29, 1.82) is 0 Å². The van der Waals surface area contributed by atoms with Gasteiger partial charge in [-0.1, -0.05) is 24.3 Å². The Kier molecular flexibility index (Phi) is 5.69. The monoisotopic (exact) mass is 435 g/mol. The Labute approximate surface area is 185 Å². The van der Waals surface area contributed by atoms with Crippen molar-refractivity contribution >= 4 is 38.8 Å². The molecule has 7 heteroatoms. The van der Waals surface area contributed by atoms with E-state index in [1.165, 1.54) is 11.3 Å². The van der Waals surface area contributed by atoms with Crippen molar-refractivity contribution in [2.75, 3.05) is 25.6 Å². The van der Waals surface area contributed by atoms with Crippen LogP contribution in [0, 0.1) is 0 Å².